The summed E-state index contributed by atoms with van der Waals surface area (Å²) in [7, 11) is 0. The maximum Gasteiger partial charge on any atom is 0.414 e. The minimum absolute atomic E-state index is 0. The molecule has 0 spiro atoms. The van der Waals surface area contributed by atoms with Crippen LogP contribution in [-0.4, -0.2) is 66.9 Å². The molecule has 10 N–H and O–H groups in total. The van der Waals surface area contributed by atoms with Crippen molar-refractivity contribution in [3.05, 3.63) is 66.6 Å². The van der Waals surface area contributed by atoms with E-state index in [2.05, 4.69) is 12.2 Å². The highest BCUT2D eigenvalue weighted by Crippen LogP contribution is 2.26. The van der Waals surface area contributed by atoms with E-state index in [1.807, 2.05) is 18.2 Å². The average Bonchev–Trinajstić information content (AvgIpc) is 2.72. The maximum absolute atomic E-state index is 11.1. The predicted octanol–water partition coefficient (Wildman–Crippen LogP) is 0.0237. The molecular weight excluding hydrogens is 440 g/mol. The van der Waals surface area contributed by atoms with Crippen molar-refractivity contribution in [2.45, 2.75) is 18.9 Å². The van der Waals surface area contributed by atoms with E-state index in [1.54, 1.807) is 12.1 Å². The molecule has 2 aromatic carbocycles. The lowest BCUT2D eigenvalue weighted by molar-refractivity contribution is -0.159. The SMILES string of the molecule is C[C@](N)(Cc1ccc(O)c(O)c1)C(=O)O.O.O=C(O)C(=O)O.[CH2]CNC(=O)c1ccccc1. The Labute approximate surface area is 189 Å². The number of carboxylic acids is 3. The second-order valence-corrected chi connectivity index (χ2v) is 6.45. The van der Waals surface area contributed by atoms with Gasteiger partial charge in [0.15, 0.2) is 11.5 Å². The number of aliphatic carboxylic acids is 3. The van der Waals surface area contributed by atoms with Crippen molar-refractivity contribution >= 4 is 23.8 Å². The molecule has 0 saturated carbocycles. The Balaban J connectivity index is 0. The van der Waals surface area contributed by atoms with Crippen molar-refractivity contribution in [1.29, 1.82) is 0 Å². The van der Waals surface area contributed by atoms with E-state index < -0.39 is 23.4 Å². The normalized spacial score (nSPS) is 11.0. The largest absolute Gasteiger partial charge is 0.504 e. The summed E-state index contributed by atoms with van der Waals surface area (Å²) < 4.78 is 0. The van der Waals surface area contributed by atoms with Gasteiger partial charge in [-0.15, -0.1) is 0 Å². The van der Waals surface area contributed by atoms with E-state index in [0.717, 1.165) is 0 Å². The summed E-state index contributed by atoms with van der Waals surface area (Å²) in [5, 5.41) is 44.4. The molecule has 1 amide bonds. The molecule has 1 atom stereocenters. The van der Waals surface area contributed by atoms with E-state index in [0.29, 0.717) is 17.7 Å². The lowest BCUT2D eigenvalue weighted by Crippen LogP contribution is -2.46. The Morgan fingerprint density at radius 2 is 1.45 bits per heavy atom. The summed E-state index contributed by atoms with van der Waals surface area (Å²) in [6.45, 7) is 5.33. The molecule has 1 radical (unpaired) electrons. The molecule has 0 aliphatic rings. The molecule has 0 heterocycles. The van der Waals surface area contributed by atoms with Crippen molar-refractivity contribution in [3.8, 4) is 11.5 Å². The number of carbonyl (C=O) groups excluding carboxylic acids is 1. The van der Waals surface area contributed by atoms with E-state index >= 15 is 0 Å². The highest BCUT2D eigenvalue weighted by Gasteiger charge is 2.28. The number of phenols is 2. The number of nitrogens with one attached hydrogen (secondary N) is 1. The zero-order chi connectivity index (χ0) is 24.9. The summed E-state index contributed by atoms with van der Waals surface area (Å²) in [4.78, 5) is 40.0. The number of benzene rings is 2. The van der Waals surface area contributed by atoms with Gasteiger partial charge in [0.05, 0.1) is 0 Å². The van der Waals surface area contributed by atoms with Gasteiger partial charge in [-0.05, 0) is 43.7 Å². The fourth-order valence-corrected chi connectivity index (χ4v) is 1.98. The summed E-state index contributed by atoms with van der Waals surface area (Å²) in [6, 6.07) is 13.2. The fourth-order valence-electron chi connectivity index (χ4n) is 1.98. The standard InChI is InChI=1S/C10H13NO4.C9H10NO.C2H2O4.H2O/c1-10(11,9(14)15)5-6-2-3-7(12)8(13)4-6;1-2-10-9(11)8-6-4-3-5-7-8;3-1(4)2(5)6;/h2-4,12-13H,5,11H2,1H3,(H,14,15);3-7H,1-2H2,(H,10,11);(H,3,4)(H,5,6);1H2/t10-;;;/m0.../s1. The van der Waals surface area contributed by atoms with Crippen molar-refractivity contribution in [2.24, 2.45) is 5.73 Å². The monoisotopic (exact) mass is 467 g/mol. The number of carboxylic acid groups (broad SMARTS) is 3. The van der Waals surface area contributed by atoms with Gasteiger partial charge in [-0.1, -0.05) is 24.3 Å². The van der Waals surface area contributed by atoms with Gasteiger partial charge in [-0.25, -0.2) is 9.59 Å². The van der Waals surface area contributed by atoms with Crippen LogP contribution in [0.1, 0.15) is 22.8 Å². The predicted molar refractivity (Wildman–Crippen MR) is 117 cm³/mol. The van der Waals surface area contributed by atoms with Crippen LogP contribution in [0, 0.1) is 6.92 Å². The summed E-state index contributed by atoms with van der Waals surface area (Å²) in [6.07, 6.45) is 0.0795. The zero-order valence-corrected chi connectivity index (χ0v) is 17.7. The first-order chi connectivity index (χ1) is 14.8. The van der Waals surface area contributed by atoms with Crippen LogP contribution in [0.3, 0.4) is 0 Å². The van der Waals surface area contributed by atoms with E-state index in [9.17, 15) is 14.7 Å². The highest BCUT2D eigenvalue weighted by molar-refractivity contribution is 6.27. The number of nitrogens with two attached hydrogens (primary N) is 1. The Morgan fingerprint density at radius 3 is 1.85 bits per heavy atom. The Bertz CT molecular complexity index is 918. The second-order valence-electron chi connectivity index (χ2n) is 6.45. The van der Waals surface area contributed by atoms with E-state index in [-0.39, 0.29) is 29.3 Å². The van der Waals surface area contributed by atoms with E-state index in [1.165, 1.54) is 25.1 Å². The maximum atomic E-state index is 11.1. The fraction of sp³-hybridized carbons (Fsp3) is 0.190. The average molecular weight is 467 g/mol. The first kappa shape index (κ1) is 31.0. The van der Waals surface area contributed by atoms with E-state index in [4.69, 9.17) is 35.7 Å². The smallest absolute Gasteiger partial charge is 0.414 e. The molecule has 0 aromatic heterocycles. The topological polar surface area (TPSA) is 239 Å². The molecule has 181 valence electrons. The van der Waals surface area contributed by atoms with Gasteiger partial charge in [-0.2, -0.15) is 0 Å². The third kappa shape index (κ3) is 12.3. The molecule has 12 heteroatoms. The number of phenolic OH excluding ortho intramolecular Hbond substituents is 2. The minimum Gasteiger partial charge on any atom is -0.504 e. The van der Waals surface area contributed by atoms with Gasteiger partial charge >= 0.3 is 17.9 Å². The molecular formula is C21H27N2O10. The first-order valence-electron chi connectivity index (χ1n) is 8.93. The van der Waals surface area contributed by atoms with Gasteiger partial charge in [0.2, 0.25) is 0 Å². The lowest BCUT2D eigenvalue weighted by atomic mass is 9.94. The Morgan fingerprint density at radius 1 is 0.939 bits per heavy atom. The molecule has 0 unspecified atom stereocenters. The van der Waals surface area contributed by atoms with Crippen LogP contribution >= 0.6 is 0 Å². The van der Waals surface area contributed by atoms with Crippen LogP contribution in [0.25, 0.3) is 0 Å². The Kier molecular flexibility index (Phi) is 13.9. The molecule has 0 saturated heterocycles. The van der Waals surface area contributed by atoms with Crippen molar-refractivity contribution in [3.63, 3.8) is 0 Å². The third-order valence-corrected chi connectivity index (χ3v) is 3.60. The molecule has 0 fully saturated rings. The third-order valence-electron chi connectivity index (χ3n) is 3.60. The van der Waals surface area contributed by atoms with Crippen LogP contribution in [0.5, 0.6) is 11.5 Å². The molecule has 33 heavy (non-hydrogen) atoms. The second kappa shape index (κ2) is 14.8. The van der Waals surface area contributed by atoms with Gasteiger partial charge in [0, 0.05) is 18.5 Å². The quantitative estimate of drug-likeness (QED) is 0.230. The number of hydrogen-bond donors (Lipinski definition) is 7. The molecule has 0 bridgehead atoms. The number of amides is 1. The number of carbonyl (C=O) groups is 4. The van der Waals surface area contributed by atoms with Crippen LogP contribution in [-0.2, 0) is 20.8 Å². The summed E-state index contributed by atoms with van der Waals surface area (Å²) >= 11 is 0. The molecule has 2 rings (SSSR count). The molecule has 0 aliphatic heterocycles. The zero-order valence-electron chi connectivity index (χ0n) is 17.7. The van der Waals surface area contributed by atoms with Crippen LogP contribution in [0.15, 0.2) is 48.5 Å². The van der Waals surface area contributed by atoms with Gasteiger partial charge in [0.25, 0.3) is 5.91 Å². The van der Waals surface area contributed by atoms with Crippen LogP contribution in [0.2, 0.25) is 0 Å². The Hall–Kier alpha value is -4.16. The molecule has 2 aromatic rings. The van der Waals surface area contributed by atoms with Gasteiger partial charge < -0.3 is 42.1 Å². The number of hydrogen-bond acceptors (Lipinski definition) is 7. The lowest BCUT2D eigenvalue weighted by Gasteiger charge is -2.19. The molecule has 0 aliphatic carbocycles. The summed E-state index contributed by atoms with van der Waals surface area (Å²) in [5.74, 6) is -5.36. The van der Waals surface area contributed by atoms with Crippen molar-refractivity contribution in [2.75, 3.05) is 6.54 Å². The van der Waals surface area contributed by atoms with Gasteiger partial charge in [-0.3, -0.25) is 9.59 Å². The number of aromatic hydroxyl groups is 2. The molecule has 12 nitrogen and oxygen atoms in total. The number of rotatable bonds is 5. The van der Waals surface area contributed by atoms with Crippen molar-refractivity contribution in [1.82, 2.24) is 5.32 Å². The van der Waals surface area contributed by atoms with Crippen LogP contribution < -0.4 is 11.1 Å². The van der Waals surface area contributed by atoms with Crippen molar-refractivity contribution < 1.29 is 50.2 Å². The highest BCUT2D eigenvalue weighted by atomic mass is 16.4. The minimum atomic E-state index is -1.82. The van der Waals surface area contributed by atoms with Gasteiger partial charge in [0.1, 0.15) is 5.54 Å². The first-order valence-corrected chi connectivity index (χ1v) is 8.93. The van der Waals surface area contributed by atoms with Crippen LogP contribution in [0.4, 0.5) is 0 Å². The summed E-state index contributed by atoms with van der Waals surface area (Å²) in [5.41, 5.74) is 5.38.